The van der Waals surface area contributed by atoms with Crippen LogP contribution < -0.4 is 20.0 Å². The zero-order valence-corrected chi connectivity index (χ0v) is 34.1. The Morgan fingerprint density at radius 1 is 0.845 bits per heavy atom. The third kappa shape index (κ3) is 8.50. The molecule has 1 amide bonds. The van der Waals surface area contributed by atoms with Crippen LogP contribution >= 0.6 is 11.8 Å². The maximum atomic E-state index is 15.5. The van der Waals surface area contributed by atoms with Crippen molar-refractivity contribution in [3.05, 3.63) is 95.8 Å². The van der Waals surface area contributed by atoms with Gasteiger partial charge in [-0.3, -0.25) is 9.69 Å². The molecule has 14 heteroatoms. The molecule has 0 bridgehead atoms. The van der Waals surface area contributed by atoms with Gasteiger partial charge in [0.1, 0.15) is 22.5 Å². The maximum Gasteiger partial charge on any atom is 0.340 e. The third-order valence-corrected chi connectivity index (χ3v) is 13.8. The first-order valence-electron chi connectivity index (χ1n) is 20.3. The van der Waals surface area contributed by atoms with E-state index in [0.717, 1.165) is 93.0 Å². The zero-order chi connectivity index (χ0) is 40.4. The van der Waals surface area contributed by atoms with Crippen molar-refractivity contribution in [1.29, 1.82) is 0 Å². The fraction of sp³-hybridized carbons (Fsp3) is 0.455. The SMILES string of the molecule is COC(=O)c1ccc(N2CCN(C3CCN(c4ccc(C(=O)Nc5cccc(Sc6cnc(N7CCC8(CC7)CO[C@@H](C)[C@H]8C)cn6)c5)cc4F)CC3)CC2)cc1F. The van der Waals surface area contributed by atoms with Crippen LogP contribution in [-0.4, -0.2) is 105 Å². The standard InChI is InChI=1S/C44H51F2N7O4S/c1-29-30(2)57-28-44(29)13-17-53(18-14-44)40-26-48-41(27-47-40)58-35-6-4-5-32(24-35)49-42(54)31-7-10-39(38(46)23-31)52-15-11-33(12-16-52)50-19-21-51(22-20-50)34-8-9-36(37(45)25-34)43(55)56-3/h4-10,23-27,29-30,33H,11-22,28H2,1-3H3,(H,49,54)/t29-,30+/m1/s1. The molecule has 2 atom stereocenters. The Morgan fingerprint density at radius 2 is 1.62 bits per heavy atom. The maximum absolute atomic E-state index is 15.5. The Labute approximate surface area is 343 Å². The quantitative estimate of drug-likeness (QED) is 0.172. The molecule has 0 radical (unpaired) electrons. The number of methoxy groups -OCH3 is 1. The summed E-state index contributed by atoms with van der Waals surface area (Å²) in [5.41, 5.74) is 2.31. The van der Waals surface area contributed by atoms with Gasteiger partial charge in [-0.15, -0.1) is 0 Å². The second-order valence-corrected chi connectivity index (χ2v) is 17.1. The van der Waals surface area contributed by atoms with Crippen LogP contribution in [0.1, 0.15) is 60.2 Å². The highest BCUT2D eigenvalue weighted by atomic mass is 32.2. The van der Waals surface area contributed by atoms with Crippen molar-refractivity contribution in [3.63, 3.8) is 0 Å². The molecule has 8 rings (SSSR count). The highest BCUT2D eigenvalue weighted by Gasteiger charge is 2.47. The number of amides is 1. The van der Waals surface area contributed by atoms with Crippen molar-refractivity contribution in [2.45, 2.75) is 61.6 Å². The molecule has 0 saturated carbocycles. The fourth-order valence-corrected chi connectivity index (χ4v) is 9.82. The lowest BCUT2D eigenvalue weighted by Crippen LogP contribution is -2.53. The summed E-state index contributed by atoms with van der Waals surface area (Å²) in [7, 11) is 1.24. The van der Waals surface area contributed by atoms with Crippen LogP contribution in [0.25, 0.3) is 0 Å². The van der Waals surface area contributed by atoms with Gasteiger partial charge in [0.2, 0.25) is 0 Å². The van der Waals surface area contributed by atoms with Gasteiger partial charge in [-0.25, -0.2) is 23.5 Å². The van der Waals surface area contributed by atoms with Gasteiger partial charge in [-0.1, -0.05) is 24.8 Å². The van der Waals surface area contributed by atoms with Gasteiger partial charge < -0.3 is 29.5 Å². The van der Waals surface area contributed by atoms with E-state index in [9.17, 15) is 14.0 Å². The molecule has 4 saturated heterocycles. The van der Waals surface area contributed by atoms with E-state index in [1.54, 1.807) is 24.4 Å². The lowest BCUT2D eigenvalue weighted by molar-refractivity contribution is 0.0595. The predicted molar refractivity (Wildman–Crippen MR) is 222 cm³/mol. The van der Waals surface area contributed by atoms with E-state index in [4.69, 9.17) is 9.72 Å². The Bertz CT molecular complexity index is 2100. The van der Waals surface area contributed by atoms with Crippen LogP contribution in [0.15, 0.2) is 83.0 Å². The van der Waals surface area contributed by atoms with Gasteiger partial charge in [0.15, 0.2) is 0 Å². The van der Waals surface area contributed by atoms with Crippen molar-refractivity contribution >= 4 is 46.5 Å². The number of hydrogen-bond acceptors (Lipinski definition) is 11. The first kappa shape index (κ1) is 40.0. The summed E-state index contributed by atoms with van der Waals surface area (Å²) >= 11 is 1.47. The Morgan fingerprint density at radius 3 is 2.28 bits per heavy atom. The molecule has 58 heavy (non-hydrogen) atoms. The van der Waals surface area contributed by atoms with Gasteiger partial charge in [-0.2, -0.15) is 0 Å². The second kappa shape index (κ2) is 17.2. The molecular formula is C44H51F2N7O4S. The monoisotopic (exact) mass is 811 g/mol. The van der Waals surface area contributed by atoms with Crippen molar-refractivity contribution in [3.8, 4) is 0 Å². The van der Waals surface area contributed by atoms with Gasteiger partial charge in [0.25, 0.3) is 5.91 Å². The van der Waals surface area contributed by atoms with Gasteiger partial charge in [0, 0.05) is 85.6 Å². The number of nitrogens with zero attached hydrogens (tertiary/aromatic N) is 6. The van der Waals surface area contributed by atoms with E-state index in [0.29, 0.717) is 42.5 Å². The number of carbonyl (C=O) groups is 2. The minimum atomic E-state index is -0.686. The Hall–Kier alpha value is -4.79. The third-order valence-electron chi connectivity index (χ3n) is 12.9. The van der Waals surface area contributed by atoms with E-state index in [1.165, 1.54) is 37.1 Å². The van der Waals surface area contributed by atoms with Crippen LogP contribution in [0.2, 0.25) is 0 Å². The largest absolute Gasteiger partial charge is 0.465 e. The van der Waals surface area contributed by atoms with E-state index in [-0.39, 0.29) is 22.4 Å². The number of nitrogens with one attached hydrogen (secondary N) is 1. The number of aromatic nitrogens is 2. The van der Waals surface area contributed by atoms with Crippen LogP contribution in [0.4, 0.5) is 31.7 Å². The van der Waals surface area contributed by atoms with E-state index >= 15 is 4.39 Å². The Kier molecular flexibility index (Phi) is 11.9. The van der Waals surface area contributed by atoms with Crippen LogP contribution in [0.5, 0.6) is 0 Å². The number of halogens is 2. The summed E-state index contributed by atoms with van der Waals surface area (Å²) in [6, 6.07) is 17.2. The molecule has 306 valence electrons. The molecule has 0 unspecified atom stereocenters. The molecule has 4 aliphatic rings. The van der Waals surface area contributed by atoms with Crippen molar-refractivity contribution in [2.24, 2.45) is 11.3 Å². The number of piperidine rings is 2. The van der Waals surface area contributed by atoms with E-state index in [1.807, 2.05) is 30.5 Å². The average Bonchev–Trinajstić information content (AvgIpc) is 3.52. The molecule has 3 aromatic carbocycles. The summed E-state index contributed by atoms with van der Waals surface area (Å²) in [6.45, 7) is 11.8. The van der Waals surface area contributed by atoms with Gasteiger partial charge in [-0.05, 0) is 93.1 Å². The van der Waals surface area contributed by atoms with Crippen molar-refractivity contribution < 1.29 is 27.8 Å². The lowest BCUT2D eigenvalue weighted by Gasteiger charge is -2.43. The minimum Gasteiger partial charge on any atom is -0.465 e. The number of hydrogen-bond donors (Lipinski definition) is 1. The molecule has 1 N–H and O–H groups in total. The normalized spacial score (nSPS) is 21.4. The number of anilines is 4. The number of piperazine rings is 1. The molecule has 4 fully saturated rings. The molecule has 11 nitrogen and oxygen atoms in total. The lowest BCUT2D eigenvalue weighted by atomic mass is 9.70. The van der Waals surface area contributed by atoms with Gasteiger partial charge >= 0.3 is 5.97 Å². The summed E-state index contributed by atoms with van der Waals surface area (Å²) in [6.07, 6.45) is 7.93. The fourth-order valence-electron chi connectivity index (χ4n) is 9.04. The molecule has 4 aromatic rings. The minimum absolute atomic E-state index is 0.0678. The number of benzene rings is 3. The Balaban J connectivity index is 0.799. The number of esters is 1. The molecule has 4 aliphatic heterocycles. The van der Waals surface area contributed by atoms with Crippen LogP contribution in [0, 0.1) is 23.0 Å². The zero-order valence-electron chi connectivity index (χ0n) is 33.3. The summed E-state index contributed by atoms with van der Waals surface area (Å²) in [5.74, 6) is -0.622. The molecule has 0 aliphatic carbocycles. The van der Waals surface area contributed by atoms with Crippen LogP contribution in [0.3, 0.4) is 0 Å². The molecule has 1 aromatic heterocycles. The molecule has 1 spiro atoms. The number of rotatable bonds is 9. The number of carbonyl (C=O) groups excluding carboxylic acids is 2. The highest BCUT2D eigenvalue weighted by Crippen LogP contribution is 2.46. The van der Waals surface area contributed by atoms with E-state index in [2.05, 4.69) is 48.5 Å². The summed E-state index contributed by atoms with van der Waals surface area (Å²) in [4.78, 5) is 44.3. The molecule has 5 heterocycles. The second-order valence-electron chi connectivity index (χ2n) is 16.0. The average molecular weight is 812 g/mol. The first-order valence-corrected chi connectivity index (χ1v) is 21.1. The van der Waals surface area contributed by atoms with Crippen LogP contribution in [-0.2, 0) is 9.47 Å². The number of ether oxygens (including phenoxy) is 2. The first-order chi connectivity index (χ1) is 28.1. The topological polar surface area (TPSA) is 103 Å². The van der Waals surface area contributed by atoms with E-state index < -0.39 is 17.6 Å². The highest BCUT2D eigenvalue weighted by molar-refractivity contribution is 7.99. The van der Waals surface area contributed by atoms with Crippen molar-refractivity contribution in [1.82, 2.24) is 14.9 Å². The molecular weight excluding hydrogens is 761 g/mol. The smallest absolute Gasteiger partial charge is 0.340 e. The summed E-state index contributed by atoms with van der Waals surface area (Å²) in [5, 5.41) is 3.69. The van der Waals surface area contributed by atoms with Crippen molar-refractivity contribution in [2.75, 3.05) is 86.1 Å². The summed E-state index contributed by atoms with van der Waals surface area (Å²) < 4.78 is 40.7. The van der Waals surface area contributed by atoms with Gasteiger partial charge in [0.05, 0.1) is 43.5 Å². The predicted octanol–water partition coefficient (Wildman–Crippen LogP) is 7.38.